The molecule has 0 heterocycles. The lowest BCUT2D eigenvalue weighted by Crippen LogP contribution is -2.61. The van der Waals surface area contributed by atoms with E-state index in [1.165, 1.54) is 38.5 Å². The van der Waals surface area contributed by atoms with Crippen molar-refractivity contribution in [1.82, 2.24) is 0 Å². The molecule has 0 saturated carbocycles. The molecule has 0 saturated heterocycles. The molecule has 1 atom stereocenters. The molecule has 0 aliphatic rings. The van der Waals surface area contributed by atoms with Crippen molar-refractivity contribution in [1.29, 1.82) is 5.26 Å². The average Bonchev–Trinajstić information content (AvgIpc) is 2.38. The molecular weight excluding hydrogens is 354 g/mol. The van der Waals surface area contributed by atoms with Gasteiger partial charge in [0.2, 0.25) is 0 Å². The van der Waals surface area contributed by atoms with Gasteiger partial charge in [-0.1, -0.05) is 84.7 Å². The van der Waals surface area contributed by atoms with E-state index in [2.05, 4.69) is 71.9 Å². The Morgan fingerprint density at radius 3 is 1.60 bits per heavy atom. The Kier molecular flexibility index (Phi) is 9.91. The second-order valence-corrected chi connectivity index (χ2v) is 26.2. The van der Waals surface area contributed by atoms with Gasteiger partial charge >= 0.3 is 0 Å². The zero-order valence-electron chi connectivity index (χ0n) is 18.9. The van der Waals surface area contributed by atoms with E-state index in [9.17, 15) is 5.26 Å². The Balaban J connectivity index is 5.49. The van der Waals surface area contributed by atoms with E-state index in [-0.39, 0.29) is 10.8 Å². The van der Waals surface area contributed by atoms with Crippen LogP contribution in [0.15, 0.2) is 0 Å². The fraction of sp³-hybridized carbons (Fsp3) is 0.950. The van der Waals surface area contributed by atoms with Crippen LogP contribution in [0.3, 0.4) is 0 Å². The van der Waals surface area contributed by atoms with Crippen molar-refractivity contribution in [3.63, 3.8) is 0 Å². The minimum absolute atomic E-state index is 0.133. The Hall–Kier alpha value is 0.101. The van der Waals surface area contributed by atoms with E-state index in [0.29, 0.717) is 0 Å². The number of unbranched alkanes of at least 4 members (excludes halogenated alkanes) is 5. The van der Waals surface area contributed by atoms with Gasteiger partial charge in [0.25, 0.3) is 0 Å². The highest BCUT2D eigenvalue weighted by atomic mass is 28.4. The van der Waals surface area contributed by atoms with Crippen molar-refractivity contribution in [2.75, 3.05) is 0 Å². The first-order valence-corrected chi connectivity index (χ1v) is 20.7. The van der Waals surface area contributed by atoms with E-state index in [4.69, 9.17) is 4.43 Å². The third-order valence-corrected chi connectivity index (χ3v) is 16.4. The highest BCUT2D eigenvalue weighted by Crippen LogP contribution is 2.52. The Morgan fingerprint density at radius 1 is 0.800 bits per heavy atom. The SMILES string of the molecule is CCCCCCCCC(O[Si](C)(C)C)C(C#N)([Si](C)(C)C)[Si](C)(C)C. The molecule has 0 fully saturated rings. The Labute approximate surface area is 161 Å². The van der Waals surface area contributed by atoms with Gasteiger partial charge in [-0.15, -0.1) is 0 Å². The smallest absolute Gasteiger partial charge is 0.184 e. The lowest BCUT2D eigenvalue weighted by molar-refractivity contribution is 0.166. The van der Waals surface area contributed by atoms with Gasteiger partial charge in [0.1, 0.15) is 0 Å². The first-order valence-electron chi connectivity index (χ1n) is 10.3. The minimum atomic E-state index is -1.72. The highest BCUT2D eigenvalue weighted by molar-refractivity contribution is 7.00. The van der Waals surface area contributed by atoms with Crippen LogP contribution in [-0.4, -0.2) is 30.6 Å². The van der Waals surface area contributed by atoms with Crippen LogP contribution in [0.2, 0.25) is 63.6 Å². The lowest BCUT2D eigenvalue weighted by atomic mass is 10.1. The molecule has 0 radical (unpaired) electrons. The third kappa shape index (κ3) is 7.32. The number of rotatable bonds is 12. The summed E-state index contributed by atoms with van der Waals surface area (Å²) in [5.74, 6) is 0. The van der Waals surface area contributed by atoms with Crippen molar-refractivity contribution in [3.8, 4) is 6.07 Å². The molecule has 0 spiro atoms. The van der Waals surface area contributed by atoms with Crippen molar-refractivity contribution in [2.24, 2.45) is 0 Å². The largest absolute Gasteiger partial charge is 0.414 e. The van der Waals surface area contributed by atoms with Gasteiger partial charge in [0.05, 0.1) is 33.0 Å². The monoisotopic (exact) mass is 399 g/mol. The zero-order chi connectivity index (χ0) is 19.9. The van der Waals surface area contributed by atoms with Crippen LogP contribution in [0.4, 0.5) is 0 Å². The topological polar surface area (TPSA) is 33.0 Å². The summed E-state index contributed by atoms with van der Waals surface area (Å²) < 4.78 is 6.54. The van der Waals surface area contributed by atoms with Gasteiger partial charge in [0, 0.05) is 0 Å². The normalized spacial score (nSPS) is 15.1. The fourth-order valence-corrected chi connectivity index (χ4v) is 17.8. The van der Waals surface area contributed by atoms with Crippen LogP contribution in [0.25, 0.3) is 0 Å². The molecule has 0 N–H and O–H groups in total. The summed E-state index contributed by atoms with van der Waals surface area (Å²) in [4.78, 5) is 0. The van der Waals surface area contributed by atoms with Crippen molar-refractivity contribution in [2.45, 2.75) is 122 Å². The summed E-state index contributed by atoms with van der Waals surface area (Å²) in [5.41, 5.74) is 0. The quantitative estimate of drug-likeness (QED) is 0.252. The molecule has 0 amide bonds. The van der Waals surface area contributed by atoms with Crippen molar-refractivity contribution >= 4 is 24.5 Å². The second-order valence-electron chi connectivity index (χ2n) is 10.7. The second kappa shape index (κ2) is 9.87. The summed E-state index contributed by atoms with van der Waals surface area (Å²) in [6, 6.07) is 2.90. The standard InChI is InChI=1S/C20H45NOSi3/c1-11-12-13-14-15-16-17-19(22-25(8,9)10)20(18-21,23(2,3)4)24(5,6)7/h19H,11-17H2,1-10H3. The summed E-state index contributed by atoms with van der Waals surface area (Å²) in [6.45, 7) is 23.4. The molecule has 0 aliphatic heterocycles. The number of nitrogens with zero attached hydrogens (tertiary/aromatic N) is 1. The van der Waals surface area contributed by atoms with Gasteiger partial charge in [0.15, 0.2) is 8.32 Å². The van der Waals surface area contributed by atoms with Gasteiger partial charge < -0.3 is 4.43 Å². The fourth-order valence-electron chi connectivity index (χ4n) is 4.40. The van der Waals surface area contributed by atoms with E-state index >= 15 is 0 Å². The van der Waals surface area contributed by atoms with Gasteiger partial charge in [-0.2, -0.15) is 5.26 Å². The van der Waals surface area contributed by atoms with Crippen LogP contribution < -0.4 is 0 Å². The van der Waals surface area contributed by atoms with Crippen molar-refractivity contribution < 1.29 is 4.43 Å². The average molecular weight is 400 g/mol. The van der Waals surface area contributed by atoms with Gasteiger partial charge in [-0.3, -0.25) is 0 Å². The van der Waals surface area contributed by atoms with Crippen LogP contribution >= 0.6 is 0 Å². The maximum atomic E-state index is 10.4. The maximum absolute atomic E-state index is 10.4. The minimum Gasteiger partial charge on any atom is -0.414 e. The zero-order valence-corrected chi connectivity index (χ0v) is 21.9. The van der Waals surface area contributed by atoms with E-state index in [1.807, 2.05) is 0 Å². The summed E-state index contributed by atoms with van der Waals surface area (Å²) >= 11 is 0. The predicted molar refractivity (Wildman–Crippen MR) is 121 cm³/mol. The number of hydrogen-bond donors (Lipinski definition) is 0. The Morgan fingerprint density at radius 2 is 1.24 bits per heavy atom. The maximum Gasteiger partial charge on any atom is 0.184 e. The molecule has 2 nitrogen and oxygen atoms in total. The highest BCUT2D eigenvalue weighted by Gasteiger charge is 2.58. The van der Waals surface area contributed by atoms with Crippen LogP contribution in [-0.2, 0) is 4.43 Å². The van der Waals surface area contributed by atoms with Crippen molar-refractivity contribution in [3.05, 3.63) is 0 Å². The van der Waals surface area contributed by atoms with Gasteiger partial charge in [-0.25, -0.2) is 0 Å². The van der Waals surface area contributed by atoms with E-state index < -0.39 is 24.5 Å². The number of hydrogen-bond acceptors (Lipinski definition) is 2. The summed E-state index contributed by atoms with van der Waals surface area (Å²) in [7, 11) is -5.13. The molecule has 0 aromatic heterocycles. The lowest BCUT2D eigenvalue weighted by Gasteiger charge is -2.52. The molecule has 0 aromatic carbocycles. The molecule has 25 heavy (non-hydrogen) atoms. The first kappa shape index (κ1) is 25.1. The van der Waals surface area contributed by atoms with E-state index in [1.54, 1.807) is 0 Å². The molecule has 0 rings (SSSR count). The molecule has 0 aliphatic carbocycles. The molecule has 1 unspecified atom stereocenters. The van der Waals surface area contributed by atoms with Crippen LogP contribution in [0.1, 0.15) is 51.9 Å². The first-order chi connectivity index (χ1) is 11.2. The summed E-state index contributed by atoms with van der Waals surface area (Å²) in [5, 5.41) is 10.4. The molecule has 5 heteroatoms. The van der Waals surface area contributed by atoms with E-state index in [0.717, 1.165) is 6.42 Å². The predicted octanol–water partition coefficient (Wildman–Crippen LogP) is 7.44. The number of nitriles is 1. The van der Waals surface area contributed by atoms with Crippen LogP contribution in [0.5, 0.6) is 0 Å². The molecule has 0 bridgehead atoms. The van der Waals surface area contributed by atoms with Crippen LogP contribution in [0, 0.1) is 11.3 Å². The summed E-state index contributed by atoms with van der Waals surface area (Å²) in [6.07, 6.45) is 9.01. The third-order valence-electron chi connectivity index (χ3n) is 5.34. The molecule has 148 valence electrons. The molecule has 0 aromatic rings. The molecular formula is C20H45NOSi3. The Bertz CT molecular complexity index is 410. The van der Waals surface area contributed by atoms with Gasteiger partial charge in [-0.05, 0) is 26.1 Å².